The summed E-state index contributed by atoms with van der Waals surface area (Å²) in [5.41, 5.74) is 7.52. The first kappa shape index (κ1) is 59.1. The molecular weight excluding hydrogens is 1090 g/mol. The molecule has 22 nitrogen and oxygen atoms in total. The smallest absolute Gasteiger partial charge is 0.416 e. The van der Waals surface area contributed by atoms with Gasteiger partial charge in [-0.1, -0.05) is 38.1 Å². The fourth-order valence-electron chi connectivity index (χ4n) is 10.6. The number of ether oxygens (including phenoxy) is 5. The monoisotopic (exact) mass is 1150 g/mol. The van der Waals surface area contributed by atoms with Gasteiger partial charge in [0, 0.05) is 43.5 Å². The Morgan fingerprint density at radius 2 is 1.49 bits per heavy atom. The lowest BCUT2D eigenvalue weighted by Gasteiger charge is -2.31. The summed E-state index contributed by atoms with van der Waals surface area (Å²) in [6.07, 6.45) is -2.26. The van der Waals surface area contributed by atoms with Crippen LogP contribution < -0.4 is 56.2 Å². The molecule has 25 heteroatoms. The number of nitrogens with zero attached hydrogens (tertiary/aromatic N) is 3. The Labute approximate surface area is 476 Å². The van der Waals surface area contributed by atoms with E-state index in [9.17, 15) is 51.8 Å². The molecule has 1 saturated heterocycles. The van der Waals surface area contributed by atoms with Gasteiger partial charge in [0.2, 0.25) is 23.6 Å². The average molecular weight is 1150 g/mol. The molecule has 8 N–H and O–H groups in total. The van der Waals surface area contributed by atoms with Gasteiger partial charge in [0.05, 0.1) is 80.7 Å². The summed E-state index contributed by atoms with van der Waals surface area (Å²) in [7, 11) is 2.86. The highest BCUT2D eigenvalue weighted by atomic mass is 19.4. The second kappa shape index (κ2) is 24.5. The largest absolute Gasteiger partial charge is 0.493 e. The third-order valence-electron chi connectivity index (χ3n) is 15.4. The number of amides is 7. The standard InChI is InChI=1S/C58H66F3N9O13/c1-31(2)50(67-49(72)27-64-48(71)25-62)52(74)65-32(3)51(73)66-37-13-7-33(8-14-37)29-83-56(78)70-42-23-47(45(80-5)21-40(42)54(76)69-30-57(15-16-57)24-43(69)55(70)77)82-18-6-17-81-46-22-41-39(20-44(46)79-4)53(75)68-28-35(19-38(68)26-63-41)34-9-11-36(12-10-34)58(59,60)61/h7-14,20-23,28,31-32,38,43,50,55,63,77H,6,15-19,24-27,29-30,62H2,1-5H3,(H,64,71)(H,65,74)(H,66,73)(H,67,72)/t32-,38-,43-,50-,55?/m0/s1. The highest BCUT2D eigenvalue weighted by Crippen LogP contribution is 2.57. The van der Waals surface area contributed by atoms with E-state index in [1.807, 2.05) is 0 Å². The molecule has 83 heavy (non-hydrogen) atoms. The number of aliphatic hydroxyl groups is 1. The molecule has 2 fully saturated rings. The van der Waals surface area contributed by atoms with Crippen molar-refractivity contribution >= 4 is 64.2 Å². The molecule has 0 radical (unpaired) electrons. The summed E-state index contributed by atoms with van der Waals surface area (Å²) in [5, 5.41) is 25.6. The van der Waals surface area contributed by atoms with Crippen LogP contribution in [0, 0.1) is 11.3 Å². The van der Waals surface area contributed by atoms with E-state index in [2.05, 4.69) is 26.6 Å². The maximum Gasteiger partial charge on any atom is 0.416 e. The molecular formula is C58H66F3N9O13. The molecule has 1 spiro atoms. The number of alkyl halides is 3. The number of carbonyl (C=O) groups is 7. The summed E-state index contributed by atoms with van der Waals surface area (Å²) in [6, 6.07) is 14.4. The van der Waals surface area contributed by atoms with Gasteiger partial charge in [-0.05, 0) is 97.0 Å². The summed E-state index contributed by atoms with van der Waals surface area (Å²) in [5.74, 6) is -2.40. The van der Waals surface area contributed by atoms with Gasteiger partial charge in [0.15, 0.2) is 29.2 Å². The highest BCUT2D eigenvalue weighted by molar-refractivity contribution is 6.06. The van der Waals surface area contributed by atoms with Crippen LogP contribution in [0.5, 0.6) is 23.0 Å². The van der Waals surface area contributed by atoms with Crippen molar-refractivity contribution in [2.75, 3.05) is 69.1 Å². The molecule has 5 aliphatic rings. The van der Waals surface area contributed by atoms with Gasteiger partial charge in [-0.3, -0.25) is 28.8 Å². The first-order valence-corrected chi connectivity index (χ1v) is 27.2. The van der Waals surface area contributed by atoms with Gasteiger partial charge in [-0.2, -0.15) is 13.2 Å². The molecule has 0 aromatic heterocycles. The zero-order chi connectivity index (χ0) is 59.5. The summed E-state index contributed by atoms with van der Waals surface area (Å²) < 4.78 is 69.2. The van der Waals surface area contributed by atoms with E-state index in [1.54, 1.807) is 66.2 Å². The van der Waals surface area contributed by atoms with Gasteiger partial charge >= 0.3 is 12.3 Å². The number of nitrogens with two attached hydrogens (primary N) is 1. The Morgan fingerprint density at radius 3 is 2.12 bits per heavy atom. The van der Waals surface area contributed by atoms with Crippen LogP contribution in [-0.4, -0.2) is 140 Å². The fraction of sp³-hybridized carbons (Fsp3) is 0.431. The molecule has 5 atom stereocenters. The van der Waals surface area contributed by atoms with Crippen molar-refractivity contribution in [3.05, 3.63) is 107 Å². The van der Waals surface area contributed by atoms with Crippen LogP contribution in [0.3, 0.4) is 0 Å². The second-order valence-corrected chi connectivity index (χ2v) is 21.5. The number of methoxy groups -OCH3 is 2. The number of halogens is 3. The van der Waals surface area contributed by atoms with Crippen LogP contribution in [0.4, 0.5) is 35.0 Å². The molecule has 4 heterocycles. The van der Waals surface area contributed by atoms with Gasteiger partial charge in [-0.15, -0.1) is 0 Å². The van der Waals surface area contributed by atoms with E-state index in [4.69, 9.17) is 29.4 Å². The van der Waals surface area contributed by atoms with Crippen LogP contribution in [0.25, 0.3) is 5.57 Å². The van der Waals surface area contributed by atoms with Crippen LogP contribution in [-0.2, 0) is 36.7 Å². The number of aliphatic hydroxyl groups excluding tert-OH is 1. The second-order valence-electron chi connectivity index (χ2n) is 21.5. The molecule has 7 amide bonds. The predicted octanol–water partition coefficient (Wildman–Crippen LogP) is 5.38. The Bertz CT molecular complexity index is 3190. The van der Waals surface area contributed by atoms with Crippen molar-refractivity contribution in [3.63, 3.8) is 0 Å². The maximum atomic E-state index is 14.4. The molecule has 1 aliphatic carbocycles. The topological polar surface area (TPSA) is 282 Å². The van der Waals surface area contributed by atoms with E-state index in [0.29, 0.717) is 66.2 Å². The first-order valence-electron chi connectivity index (χ1n) is 27.2. The lowest BCUT2D eigenvalue weighted by molar-refractivity contribution is -0.137. The van der Waals surface area contributed by atoms with E-state index < -0.39 is 71.7 Å². The Balaban J connectivity index is 0.827. The van der Waals surface area contributed by atoms with Gasteiger partial charge in [0.1, 0.15) is 18.7 Å². The van der Waals surface area contributed by atoms with Crippen LogP contribution in [0.2, 0.25) is 0 Å². The average Bonchev–Trinajstić information content (AvgIpc) is 1.98. The van der Waals surface area contributed by atoms with E-state index in [1.165, 1.54) is 45.4 Å². The van der Waals surface area contributed by atoms with E-state index >= 15 is 0 Å². The normalized spacial score (nSPS) is 19.1. The molecule has 442 valence electrons. The number of benzene rings is 4. The predicted molar refractivity (Wildman–Crippen MR) is 295 cm³/mol. The zero-order valence-electron chi connectivity index (χ0n) is 46.4. The number of carbonyl (C=O) groups excluding carboxylic acids is 7. The highest BCUT2D eigenvalue weighted by Gasteiger charge is 2.58. The van der Waals surface area contributed by atoms with Gasteiger partial charge in [-0.25, -0.2) is 9.69 Å². The van der Waals surface area contributed by atoms with Crippen LogP contribution >= 0.6 is 0 Å². The van der Waals surface area contributed by atoms with Crippen molar-refractivity contribution in [2.45, 2.75) is 96.1 Å². The number of fused-ring (bicyclic) bond motifs is 4. The Morgan fingerprint density at radius 1 is 0.831 bits per heavy atom. The van der Waals surface area contributed by atoms with Crippen LogP contribution in [0.1, 0.15) is 90.3 Å². The minimum atomic E-state index is -4.47. The molecule has 4 aliphatic heterocycles. The SMILES string of the molecule is COc1cc2c(cc1OCCCOc1cc3c(cc1OC)C(=O)N1CC4(CC4)C[C@H]1C(O)N3C(=O)OCc1ccc(NC(=O)[C@H](C)NC(=O)[C@@H](NC(=O)CNC(=O)CN)C(C)C)cc1)NC[C@@H]1CC(c3ccc(C(F)(F)F)cc3)=CN1C2=O. The number of anilines is 3. The van der Waals surface area contributed by atoms with E-state index in [-0.39, 0.29) is 84.7 Å². The Hall–Kier alpha value is -8.58. The van der Waals surface area contributed by atoms with E-state index in [0.717, 1.165) is 35.4 Å². The lowest BCUT2D eigenvalue weighted by atomic mass is 10.0. The fourth-order valence-corrected chi connectivity index (χ4v) is 10.6. The number of rotatable bonds is 20. The quantitative estimate of drug-likeness (QED) is 0.0547. The number of nitrogens with one attached hydrogen (secondary N) is 5. The molecule has 9 rings (SSSR count). The summed E-state index contributed by atoms with van der Waals surface area (Å²) in [4.78, 5) is 97.0. The third kappa shape index (κ3) is 13.0. The van der Waals surface area contributed by atoms with Gasteiger partial charge in [0.25, 0.3) is 11.8 Å². The molecule has 1 saturated carbocycles. The maximum absolute atomic E-state index is 14.4. The molecule has 4 aromatic carbocycles. The third-order valence-corrected chi connectivity index (χ3v) is 15.4. The van der Waals surface area contributed by atoms with Crippen molar-refractivity contribution < 1.29 is 75.5 Å². The minimum Gasteiger partial charge on any atom is -0.493 e. The number of hydrogen-bond donors (Lipinski definition) is 7. The van der Waals surface area contributed by atoms with Crippen molar-refractivity contribution in [1.29, 1.82) is 0 Å². The molecule has 1 unspecified atom stereocenters. The van der Waals surface area contributed by atoms with Crippen molar-refractivity contribution in [1.82, 2.24) is 25.8 Å². The van der Waals surface area contributed by atoms with Crippen LogP contribution in [0.15, 0.2) is 79.0 Å². The van der Waals surface area contributed by atoms with Crippen molar-refractivity contribution in [2.24, 2.45) is 17.1 Å². The lowest BCUT2D eigenvalue weighted by Crippen LogP contribution is -2.55. The molecule has 4 aromatic rings. The summed E-state index contributed by atoms with van der Waals surface area (Å²) in [6.45, 7) is 4.88. The summed E-state index contributed by atoms with van der Waals surface area (Å²) >= 11 is 0. The zero-order valence-corrected chi connectivity index (χ0v) is 46.4. The Kier molecular flexibility index (Phi) is 17.4. The van der Waals surface area contributed by atoms with Gasteiger partial charge < -0.3 is 70.9 Å². The first-order chi connectivity index (χ1) is 39.6. The minimum absolute atomic E-state index is 0.0414. The number of hydrogen-bond acceptors (Lipinski definition) is 15. The molecule has 0 bridgehead atoms. The van der Waals surface area contributed by atoms with Crippen molar-refractivity contribution in [3.8, 4) is 23.0 Å².